The number of hydrogen-bond donors (Lipinski definition) is 1. The molecule has 4 nitrogen and oxygen atoms in total. The van der Waals surface area contributed by atoms with E-state index in [4.69, 9.17) is 4.74 Å². The number of ether oxygens (including phenoxy) is 1. The zero-order valence-electron chi connectivity index (χ0n) is 19.6. The van der Waals surface area contributed by atoms with E-state index in [9.17, 15) is 27.2 Å². The van der Waals surface area contributed by atoms with Gasteiger partial charge in [0, 0.05) is 4.47 Å². The van der Waals surface area contributed by atoms with E-state index in [0.717, 1.165) is 21.7 Å². The average Bonchev–Trinajstić information content (AvgIpc) is 2.88. The topological polar surface area (TPSA) is 55.4 Å². The second kappa shape index (κ2) is 11.5. The van der Waals surface area contributed by atoms with Gasteiger partial charge in [-0.1, -0.05) is 64.8 Å². The Balaban J connectivity index is 1.59. The lowest BCUT2D eigenvalue weighted by Gasteiger charge is -2.36. The molecule has 0 radical (unpaired) electrons. The molecule has 1 N–H and O–H groups in total. The molecule has 4 rings (SSSR count). The molecule has 0 heterocycles. The summed E-state index contributed by atoms with van der Waals surface area (Å²) in [4.78, 5) is 26.7. The van der Waals surface area contributed by atoms with E-state index in [0.29, 0.717) is 31.4 Å². The van der Waals surface area contributed by atoms with Crippen LogP contribution in [0.4, 0.5) is 23.2 Å². The molecule has 0 bridgehead atoms. The van der Waals surface area contributed by atoms with Crippen LogP contribution in [-0.4, -0.2) is 11.9 Å². The van der Waals surface area contributed by atoms with E-state index in [1.54, 1.807) is 0 Å². The van der Waals surface area contributed by atoms with E-state index in [1.807, 2.05) is 54.6 Å². The van der Waals surface area contributed by atoms with Gasteiger partial charge in [-0.05, 0) is 60.2 Å². The SMILES string of the molecule is O=C(OCc1ccccc1)[C@@H]1[C@@H](C(=O)Nc2ccc(C(F)(F)F)cc2F)CCC[C@H]1c1ccc(Br)cc1. The van der Waals surface area contributed by atoms with Gasteiger partial charge in [-0.25, -0.2) is 4.39 Å². The van der Waals surface area contributed by atoms with Crippen molar-refractivity contribution in [2.24, 2.45) is 11.8 Å². The molecule has 0 aromatic heterocycles. The molecule has 0 unspecified atom stereocenters. The van der Waals surface area contributed by atoms with Gasteiger partial charge in [0.1, 0.15) is 12.4 Å². The quantitative estimate of drug-likeness (QED) is 0.244. The summed E-state index contributed by atoms with van der Waals surface area (Å²) < 4.78 is 59.7. The van der Waals surface area contributed by atoms with Crippen molar-refractivity contribution in [3.63, 3.8) is 0 Å². The minimum atomic E-state index is -4.71. The van der Waals surface area contributed by atoms with E-state index in [1.165, 1.54) is 0 Å². The molecule has 0 spiro atoms. The third-order valence-corrected chi connectivity index (χ3v) is 7.11. The van der Waals surface area contributed by atoms with Crippen LogP contribution >= 0.6 is 15.9 Å². The van der Waals surface area contributed by atoms with Crippen molar-refractivity contribution < 1.29 is 31.9 Å². The van der Waals surface area contributed by atoms with Crippen molar-refractivity contribution in [1.29, 1.82) is 0 Å². The highest BCUT2D eigenvalue weighted by Gasteiger charge is 2.44. The Bertz CT molecular complexity index is 1250. The zero-order chi connectivity index (χ0) is 26.6. The van der Waals surface area contributed by atoms with Crippen LogP contribution in [0.15, 0.2) is 77.3 Å². The Morgan fingerprint density at radius 1 is 0.973 bits per heavy atom. The molecule has 194 valence electrons. The van der Waals surface area contributed by atoms with Gasteiger partial charge in [0.15, 0.2) is 0 Å². The molecule has 1 fully saturated rings. The van der Waals surface area contributed by atoms with Crippen molar-refractivity contribution in [3.05, 3.63) is 99.8 Å². The second-order valence-electron chi connectivity index (χ2n) is 9.00. The van der Waals surface area contributed by atoms with E-state index in [-0.39, 0.29) is 18.2 Å². The highest BCUT2D eigenvalue weighted by Crippen LogP contribution is 2.43. The number of carbonyl (C=O) groups excluding carboxylic acids is 2. The third kappa shape index (κ3) is 6.57. The minimum absolute atomic E-state index is 0.0328. The highest BCUT2D eigenvalue weighted by molar-refractivity contribution is 9.10. The first-order valence-electron chi connectivity index (χ1n) is 11.8. The van der Waals surface area contributed by atoms with Crippen LogP contribution in [0.25, 0.3) is 0 Å². The van der Waals surface area contributed by atoms with Crippen molar-refractivity contribution >= 4 is 33.5 Å². The van der Waals surface area contributed by atoms with Gasteiger partial charge in [0.05, 0.1) is 23.1 Å². The number of carbonyl (C=O) groups is 2. The lowest BCUT2D eigenvalue weighted by molar-refractivity contribution is -0.156. The molecule has 1 amide bonds. The molecular weight excluding hydrogens is 554 g/mol. The van der Waals surface area contributed by atoms with Crippen LogP contribution in [0, 0.1) is 17.7 Å². The standard InChI is InChI=1S/C28H24BrF4NO3/c29-20-12-9-18(10-13-20)21-7-4-8-22(25(21)27(36)37-16-17-5-2-1-3-6-17)26(35)34-24-14-11-19(15-23(24)30)28(31,32)33/h1-3,5-6,9-15,21-22,25H,4,7-8,16H2,(H,34,35)/t21-,22-,25-/m0/s1. The summed E-state index contributed by atoms with van der Waals surface area (Å²) in [5.41, 5.74) is 0.126. The van der Waals surface area contributed by atoms with E-state index >= 15 is 0 Å². The third-order valence-electron chi connectivity index (χ3n) is 6.58. The number of nitrogens with one attached hydrogen (secondary N) is 1. The molecule has 3 atom stereocenters. The molecule has 0 saturated heterocycles. The number of halogens is 5. The number of amides is 1. The van der Waals surface area contributed by atoms with Gasteiger partial charge >= 0.3 is 12.1 Å². The largest absolute Gasteiger partial charge is 0.461 e. The molecule has 1 saturated carbocycles. The number of hydrogen-bond acceptors (Lipinski definition) is 3. The van der Waals surface area contributed by atoms with E-state index in [2.05, 4.69) is 21.2 Å². The number of benzene rings is 3. The maximum Gasteiger partial charge on any atom is 0.416 e. The maximum atomic E-state index is 14.4. The molecule has 9 heteroatoms. The van der Waals surface area contributed by atoms with Gasteiger partial charge in [-0.3, -0.25) is 9.59 Å². The minimum Gasteiger partial charge on any atom is -0.461 e. The second-order valence-corrected chi connectivity index (χ2v) is 9.91. The van der Waals surface area contributed by atoms with E-state index < -0.39 is 41.3 Å². The summed E-state index contributed by atoms with van der Waals surface area (Å²) in [5.74, 6) is -4.42. The maximum absolute atomic E-state index is 14.4. The Hall–Kier alpha value is -3.20. The predicted molar refractivity (Wildman–Crippen MR) is 134 cm³/mol. The molecule has 37 heavy (non-hydrogen) atoms. The summed E-state index contributed by atoms with van der Waals surface area (Å²) >= 11 is 3.40. The first-order valence-corrected chi connectivity index (χ1v) is 12.6. The average molecular weight is 578 g/mol. The monoisotopic (exact) mass is 577 g/mol. The fourth-order valence-corrected chi connectivity index (χ4v) is 5.01. The Kier molecular flexibility index (Phi) is 8.32. The van der Waals surface area contributed by atoms with Gasteiger partial charge in [0.25, 0.3) is 0 Å². The molecule has 1 aliphatic rings. The van der Waals surface area contributed by atoms with Gasteiger partial charge < -0.3 is 10.1 Å². The van der Waals surface area contributed by atoms with Crippen molar-refractivity contribution in [2.45, 2.75) is 38.0 Å². The molecule has 3 aromatic carbocycles. The lowest BCUT2D eigenvalue weighted by Crippen LogP contribution is -2.41. The first kappa shape index (κ1) is 26.9. The van der Waals surface area contributed by atoms with Crippen molar-refractivity contribution in [2.75, 3.05) is 5.32 Å². The van der Waals surface area contributed by atoms with Crippen molar-refractivity contribution in [3.8, 4) is 0 Å². The van der Waals surface area contributed by atoms with Crippen LogP contribution in [0.3, 0.4) is 0 Å². The summed E-state index contributed by atoms with van der Waals surface area (Å²) in [6.45, 7) is 0.0328. The van der Waals surface area contributed by atoms with Crippen LogP contribution < -0.4 is 5.32 Å². The fraction of sp³-hybridized carbons (Fsp3) is 0.286. The summed E-state index contributed by atoms with van der Waals surface area (Å²) in [6.07, 6.45) is -3.08. The van der Waals surface area contributed by atoms with Crippen LogP contribution in [0.5, 0.6) is 0 Å². The van der Waals surface area contributed by atoms with Gasteiger partial charge in [-0.15, -0.1) is 0 Å². The smallest absolute Gasteiger partial charge is 0.416 e. The predicted octanol–water partition coefficient (Wildman–Crippen LogP) is 7.49. The Morgan fingerprint density at radius 2 is 1.68 bits per heavy atom. The number of esters is 1. The molecule has 3 aromatic rings. The normalized spacial score (nSPS) is 19.8. The Labute approximate surface area is 220 Å². The highest BCUT2D eigenvalue weighted by atomic mass is 79.9. The van der Waals surface area contributed by atoms with Crippen LogP contribution in [-0.2, 0) is 27.1 Å². The van der Waals surface area contributed by atoms with Crippen LogP contribution in [0.1, 0.15) is 41.9 Å². The Morgan fingerprint density at radius 3 is 2.32 bits per heavy atom. The van der Waals surface area contributed by atoms with Gasteiger partial charge in [-0.2, -0.15) is 13.2 Å². The molecular formula is C28H24BrF4NO3. The summed E-state index contributed by atoms with van der Waals surface area (Å²) in [5, 5.41) is 2.40. The zero-order valence-corrected chi connectivity index (χ0v) is 21.2. The molecule has 1 aliphatic carbocycles. The molecule has 0 aliphatic heterocycles. The summed E-state index contributed by atoms with van der Waals surface area (Å²) in [6, 6.07) is 18.5. The fourth-order valence-electron chi connectivity index (χ4n) is 4.75. The number of rotatable bonds is 6. The summed E-state index contributed by atoms with van der Waals surface area (Å²) in [7, 11) is 0. The number of anilines is 1. The van der Waals surface area contributed by atoms with Crippen molar-refractivity contribution in [1.82, 2.24) is 0 Å². The van der Waals surface area contributed by atoms with Gasteiger partial charge in [0.2, 0.25) is 5.91 Å². The first-order chi connectivity index (χ1) is 17.6. The lowest BCUT2D eigenvalue weighted by atomic mass is 9.69. The van der Waals surface area contributed by atoms with Crippen LogP contribution in [0.2, 0.25) is 0 Å². The number of alkyl halides is 3.